The van der Waals surface area contributed by atoms with Crippen molar-refractivity contribution in [3.8, 4) is 0 Å². The number of amides is 1. The molecule has 0 bridgehead atoms. The average Bonchev–Trinajstić information content (AvgIpc) is 2.14. The fourth-order valence-corrected chi connectivity index (χ4v) is 1.75. The van der Waals surface area contributed by atoms with Crippen molar-refractivity contribution in [2.75, 3.05) is 24.2 Å². The van der Waals surface area contributed by atoms with E-state index in [0.29, 0.717) is 23.5 Å². The van der Waals surface area contributed by atoms with E-state index < -0.39 is 11.5 Å². The van der Waals surface area contributed by atoms with Gasteiger partial charge in [-0.1, -0.05) is 0 Å². The number of benzene rings is 1. The van der Waals surface area contributed by atoms with E-state index in [1.165, 1.54) is 0 Å². The summed E-state index contributed by atoms with van der Waals surface area (Å²) in [5, 5.41) is 9.75. The molecule has 0 heterocycles. The lowest BCUT2D eigenvalue weighted by atomic mass is 10.1. The first-order chi connectivity index (χ1) is 7.70. The van der Waals surface area contributed by atoms with Gasteiger partial charge in [-0.05, 0) is 32.0 Å². The van der Waals surface area contributed by atoms with Crippen molar-refractivity contribution in [3.63, 3.8) is 0 Å². The Bertz CT molecular complexity index is 424. The van der Waals surface area contributed by atoms with Crippen molar-refractivity contribution in [1.29, 1.82) is 0 Å². The van der Waals surface area contributed by atoms with Crippen molar-refractivity contribution in [2.24, 2.45) is 5.73 Å². The van der Waals surface area contributed by atoms with Crippen LogP contribution < -0.4 is 16.4 Å². The highest BCUT2D eigenvalue weighted by atomic mass is 16.3. The molecule has 0 atom stereocenters. The summed E-state index contributed by atoms with van der Waals surface area (Å²) < 4.78 is 0. The molecule has 1 amide bonds. The molecule has 0 fully saturated rings. The monoisotopic (exact) mass is 237 g/mol. The number of likely N-dealkylation sites (N-methyl/N-ethyl adjacent to an activating group) is 1. The van der Waals surface area contributed by atoms with Gasteiger partial charge in [-0.15, -0.1) is 0 Å². The fraction of sp³-hybridized carbons (Fsp3) is 0.417. The van der Waals surface area contributed by atoms with E-state index in [0.717, 1.165) is 0 Å². The zero-order valence-electron chi connectivity index (χ0n) is 10.4. The molecule has 0 unspecified atom stereocenters. The predicted octanol–water partition coefficient (Wildman–Crippen LogP) is 0.575. The van der Waals surface area contributed by atoms with Crippen LogP contribution in [0.4, 0.5) is 11.4 Å². The molecule has 17 heavy (non-hydrogen) atoms. The summed E-state index contributed by atoms with van der Waals surface area (Å²) >= 11 is 0. The number of hydrogen-bond donors (Lipinski definition) is 3. The van der Waals surface area contributed by atoms with E-state index in [2.05, 4.69) is 0 Å². The molecule has 0 aromatic heterocycles. The fourth-order valence-electron chi connectivity index (χ4n) is 1.75. The summed E-state index contributed by atoms with van der Waals surface area (Å²) in [6.45, 7) is 3.78. The Morgan fingerprint density at radius 1 is 1.47 bits per heavy atom. The highest BCUT2D eigenvalue weighted by Gasteiger charge is 2.19. The molecule has 1 rings (SSSR count). The zero-order valence-corrected chi connectivity index (χ0v) is 10.4. The minimum atomic E-state index is -0.856. The molecule has 0 saturated heterocycles. The van der Waals surface area contributed by atoms with Crippen molar-refractivity contribution in [3.05, 3.63) is 23.8 Å². The van der Waals surface area contributed by atoms with Crippen LogP contribution in [0.5, 0.6) is 0 Å². The van der Waals surface area contributed by atoms with E-state index >= 15 is 0 Å². The molecule has 0 aliphatic carbocycles. The standard InChI is InChI=1S/C12H19N3O2/c1-12(2,17)7-15(3)10-5-4-8(13)6-9(10)11(14)16/h4-6,17H,7,13H2,1-3H3,(H2,14,16). The number of nitrogen functional groups attached to an aromatic ring is 1. The molecule has 0 radical (unpaired) electrons. The van der Waals surface area contributed by atoms with Crippen LogP contribution in [0.25, 0.3) is 0 Å². The first-order valence-electron chi connectivity index (χ1n) is 5.33. The second-order valence-electron chi connectivity index (χ2n) is 4.81. The molecule has 1 aromatic rings. The smallest absolute Gasteiger partial charge is 0.250 e. The maximum Gasteiger partial charge on any atom is 0.250 e. The Morgan fingerprint density at radius 2 is 2.06 bits per heavy atom. The van der Waals surface area contributed by atoms with Crippen LogP contribution in [0.15, 0.2) is 18.2 Å². The van der Waals surface area contributed by atoms with Gasteiger partial charge in [0, 0.05) is 25.0 Å². The number of carbonyl (C=O) groups excluding carboxylic acids is 1. The normalized spacial score (nSPS) is 11.3. The van der Waals surface area contributed by atoms with Crippen LogP contribution in [-0.2, 0) is 0 Å². The molecule has 1 aromatic carbocycles. The Morgan fingerprint density at radius 3 is 2.53 bits per heavy atom. The molecule has 5 nitrogen and oxygen atoms in total. The van der Waals surface area contributed by atoms with Crippen molar-refractivity contribution in [1.82, 2.24) is 0 Å². The third-order valence-corrected chi connectivity index (χ3v) is 2.32. The van der Waals surface area contributed by atoms with Crippen LogP contribution in [0.1, 0.15) is 24.2 Å². The Hall–Kier alpha value is -1.75. The second kappa shape index (κ2) is 4.63. The minimum absolute atomic E-state index is 0.358. The lowest BCUT2D eigenvalue weighted by Crippen LogP contribution is -2.37. The number of nitrogens with two attached hydrogens (primary N) is 2. The first kappa shape index (κ1) is 13.3. The highest BCUT2D eigenvalue weighted by Crippen LogP contribution is 2.23. The second-order valence-corrected chi connectivity index (χ2v) is 4.81. The van der Waals surface area contributed by atoms with Gasteiger partial charge in [0.1, 0.15) is 0 Å². The van der Waals surface area contributed by atoms with Gasteiger partial charge in [0.25, 0.3) is 5.91 Å². The van der Waals surface area contributed by atoms with Gasteiger partial charge in [0.05, 0.1) is 11.2 Å². The van der Waals surface area contributed by atoms with E-state index in [9.17, 15) is 9.90 Å². The molecule has 5 N–H and O–H groups in total. The summed E-state index contributed by atoms with van der Waals surface area (Å²) in [6, 6.07) is 4.96. The molecular weight excluding hydrogens is 218 g/mol. The number of carbonyl (C=O) groups is 1. The number of aliphatic hydroxyl groups is 1. The van der Waals surface area contributed by atoms with E-state index in [1.807, 2.05) is 0 Å². The maximum atomic E-state index is 11.3. The molecular formula is C12H19N3O2. The topological polar surface area (TPSA) is 92.6 Å². The third kappa shape index (κ3) is 3.64. The first-order valence-corrected chi connectivity index (χ1v) is 5.33. The highest BCUT2D eigenvalue weighted by molar-refractivity contribution is 5.99. The van der Waals surface area contributed by atoms with Crippen molar-refractivity contribution < 1.29 is 9.90 Å². The Balaban J connectivity index is 3.09. The summed E-state index contributed by atoms with van der Waals surface area (Å²) in [4.78, 5) is 13.1. The van der Waals surface area contributed by atoms with E-state index in [-0.39, 0.29) is 0 Å². The van der Waals surface area contributed by atoms with E-state index in [4.69, 9.17) is 11.5 Å². The summed E-state index contributed by atoms with van der Waals surface area (Å²) in [5.74, 6) is -0.533. The lowest BCUT2D eigenvalue weighted by molar-refractivity contribution is 0.0882. The largest absolute Gasteiger partial charge is 0.399 e. The number of rotatable bonds is 4. The van der Waals surface area contributed by atoms with Gasteiger partial charge >= 0.3 is 0 Å². The van der Waals surface area contributed by atoms with Gasteiger partial charge in [-0.25, -0.2) is 0 Å². The van der Waals surface area contributed by atoms with Gasteiger partial charge < -0.3 is 21.5 Å². The van der Waals surface area contributed by atoms with Gasteiger partial charge in [0.2, 0.25) is 0 Å². The van der Waals surface area contributed by atoms with Gasteiger partial charge in [-0.2, -0.15) is 0 Å². The quantitative estimate of drug-likeness (QED) is 0.668. The summed E-state index contributed by atoms with van der Waals surface area (Å²) in [5.41, 5.74) is 11.6. The van der Waals surface area contributed by atoms with Crippen LogP contribution in [-0.4, -0.2) is 30.2 Å². The Kier molecular flexibility index (Phi) is 3.63. The van der Waals surface area contributed by atoms with Gasteiger partial charge in [-0.3, -0.25) is 4.79 Å². The van der Waals surface area contributed by atoms with Crippen molar-refractivity contribution >= 4 is 17.3 Å². The number of primary amides is 1. The zero-order chi connectivity index (χ0) is 13.2. The van der Waals surface area contributed by atoms with Crippen LogP contribution in [0.3, 0.4) is 0 Å². The van der Waals surface area contributed by atoms with Crippen LogP contribution >= 0.6 is 0 Å². The lowest BCUT2D eigenvalue weighted by Gasteiger charge is -2.28. The number of nitrogens with zero attached hydrogens (tertiary/aromatic N) is 1. The van der Waals surface area contributed by atoms with Crippen molar-refractivity contribution in [2.45, 2.75) is 19.4 Å². The molecule has 0 saturated carbocycles. The number of hydrogen-bond acceptors (Lipinski definition) is 4. The molecule has 94 valence electrons. The number of anilines is 2. The molecule has 0 aliphatic heterocycles. The average molecular weight is 237 g/mol. The minimum Gasteiger partial charge on any atom is -0.399 e. The maximum absolute atomic E-state index is 11.3. The molecule has 0 spiro atoms. The molecule has 5 heteroatoms. The SMILES string of the molecule is CN(CC(C)(C)O)c1ccc(N)cc1C(N)=O. The summed E-state index contributed by atoms with van der Waals surface area (Å²) in [7, 11) is 1.79. The molecule has 0 aliphatic rings. The Labute approximate surface area is 101 Å². The third-order valence-electron chi connectivity index (χ3n) is 2.32. The van der Waals surface area contributed by atoms with Gasteiger partial charge in [0.15, 0.2) is 0 Å². The van der Waals surface area contributed by atoms with E-state index in [1.54, 1.807) is 44.0 Å². The predicted molar refractivity (Wildman–Crippen MR) is 68.9 cm³/mol. The van der Waals surface area contributed by atoms with Crippen LogP contribution in [0, 0.1) is 0 Å². The van der Waals surface area contributed by atoms with Crippen LogP contribution in [0.2, 0.25) is 0 Å². The summed E-state index contributed by atoms with van der Waals surface area (Å²) in [6.07, 6.45) is 0.